The molecule has 0 aliphatic carbocycles. The van der Waals surface area contributed by atoms with Crippen molar-refractivity contribution in [3.05, 3.63) is 53.5 Å². The Balaban J connectivity index is 2.30. The topological polar surface area (TPSA) is 22.1 Å². The summed E-state index contributed by atoms with van der Waals surface area (Å²) in [6.07, 6.45) is 0. The van der Waals surface area contributed by atoms with Crippen LogP contribution in [-0.4, -0.2) is 4.98 Å². The van der Waals surface area contributed by atoms with Gasteiger partial charge in [0.25, 0.3) is 0 Å². The molecule has 0 bridgehead atoms. The highest BCUT2D eigenvalue weighted by Crippen LogP contribution is 2.27. The van der Waals surface area contributed by atoms with Crippen molar-refractivity contribution in [2.75, 3.05) is 0 Å². The molecule has 0 fully saturated rings. The minimum Gasteiger partial charge on any atom is -0.439 e. The van der Waals surface area contributed by atoms with Crippen molar-refractivity contribution in [2.24, 2.45) is 0 Å². The lowest BCUT2D eigenvalue weighted by atomic mass is 10.0. The first-order valence-electron chi connectivity index (χ1n) is 5.97. The number of hydrogen-bond donors (Lipinski definition) is 0. The molecule has 1 aromatic heterocycles. The molecule has 0 amide bonds. The molecule has 0 aliphatic rings. The highest BCUT2D eigenvalue weighted by atomic mass is 19.1. The first kappa shape index (κ1) is 12.6. The van der Waals surface area contributed by atoms with Crippen LogP contribution in [0.5, 0.6) is 11.6 Å². The van der Waals surface area contributed by atoms with Crippen LogP contribution in [-0.2, 0) is 0 Å². The van der Waals surface area contributed by atoms with Gasteiger partial charge < -0.3 is 4.74 Å². The van der Waals surface area contributed by atoms with Crippen molar-refractivity contribution in [2.45, 2.75) is 26.7 Å². The molecule has 0 spiro atoms. The Morgan fingerprint density at radius 2 is 1.94 bits per heavy atom. The monoisotopic (exact) mass is 245 g/mol. The van der Waals surface area contributed by atoms with Gasteiger partial charge in [0.2, 0.25) is 11.8 Å². The van der Waals surface area contributed by atoms with Gasteiger partial charge in [-0.05, 0) is 36.1 Å². The Labute approximate surface area is 106 Å². The van der Waals surface area contributed by atoms with E-state index in [1.165, 1.54) is 11.6 Å². The Kier molecular flexibility index (Phi) is 3.60. The molecular weight excluding hydrogens is 229 g/mol. The second kappa shape index (κ2) is 5.17. The van der Waals surface area contributed by atoms with E-state index in [-0.39, 0.29) is 5.88 Å². The number of hydrogen-bond acceptors (Lipinski definition) is 2. The third-order valence-corrected chi connectivity index (χ3v) is 2.78. The van der Waals surface area contributed by atoms with E-state index in [4.69, 9.17) is 4.74 Å². The number of ether oxygens (including phenoxy) is 1. The number of aryl methyl sites for hydroxylation is 1. The summed E-state index contributed by atoms with van der Waals surface area (Å²) in [4.78, 5) is 3.70. The third kappa shape index (κ3) is 2.86. The lowest BCUT2D eigenvalue weighted by molar-refractivity contribution is 0.441. The van der Waals surface area contributed by atoms with E-state index in [9.17, 15) is 4.39 Å². The number of nitrogens with zero attached hydrogens (tertiary/aromatic N) is 1. The summed E-state index contributed by atoms with van der Waals surface area (Å²) >= 11 is 0. The van der Waals surface area contributed by atoms with Gasteiger partial charge in [-0.1, -0.05) is 32.0 Å². The summed E-state index contributed by atoms with van der Waals surface area (Å²) in [5.41, 5.74) is 2.19. The van der Waals surface area contributed by atoms with E-state index in [1.807, 2.05) is 19.1 Å². The molecule has 0 aliphatic heterocycles. The Hall–Kier alpha value is -1.90. The quantitative estimate of drug-likeness (QED) is 0.745. The molecule has 0 unspecified atom stereocenters. The van der Waals surface area contributed by atoms with Gasteiger partial charge in [0.05, 0.1) is 0 Å². The zero-order valence-corrected chi connectivity index (χ0v) is 10.8. The van der Waals surface area contributed by atoms with Gasteiger partial charge in [-0.25, -0.2) is 0 Å². The number of halogens is 1. The summed E-state index contributed by atoms with van der Waals surface area (Å²) < 4.78 is 18.6. The fourth-order valence-electron chi connectivity index (χ4n) is 1.64. The first-order valence-corrected chi connectivity index (χ1v) is 5.97. The molecule has 0 saturated carbocycles. The van der Waals surface area contributed by atoms with Crippen LogP contribution < -0.4 is 4.74 Å². The molecule has 3 heteroatoms. The van der Waals surface area contributed by atoms with Crippen molar-refractivity contribution >= 4 is 0 Å². The Morgan fingerprint density at radius 3 is 2.61 bits per heavy atom. The highest BCUT2D eigenvalue weighted by Gasteiger charge is 2.07. The van der Waals surface area contributed by atoms with Gasteiger partial charge in [-0.3, -0.25) is 0 Å². The molecule has 0 saturated heterocycles. The fourth-order valence-corrected chi connectivity index (χ4v) is 1.64. The summed E-state index contributed by atoms with van der Waals surface area (Å²) in [5, 5.41) is 0. The van der Waals surface area contributed by atoms with Crippen LogP contribution in [0.15, 0.2) is 36.4 Å². The van der Waals surface area contributed by atoms with Crippen LogP contribution in [0, 0.1) is 12.9 Å². The third-order valence-electron chi connectivity index (χ3n) is 2.78. The van der Waals surface area contributed by atoms with Crippen molar-refractivity contribution < 1.29 is 9.13 Å². The molecule has 0 N–H and O–H groups in total. The largest absolute Gasteiger partial charge is 0.439 e. The van der Waals surface area contributed by atoms with Gasteiger partial charge in [0.15, 0.2) is 0 Å². The van der Waals surface area contributed by atoms with E-state index >= 15 is 0 Å². The lowest BCUT2D eigenvalue weighted by Crippen LogP contribution is -1.94. The number of benzene rings is 1. The van der Waals surface area contributed by atoms with Crippen LogP contribution >= 0.6 is 0 Å². The molecular formula is C15H16FNO. The number of aromatic nitrogens is 1. The van der Waals surface area contributed by atoms with E-state index in [0.717, 1.165) is 11.3 Å². The predicted molar refractivity (Wildman–Crippen MR) is 69.5 cm³/mol. The summed E-state index contributed by atoms with van der Waals surface area (Å²) in [6.45, 7) is 6.20. The number of pyridine rings is 1. The van der Waals surface area contributed by atoms with Crippen LogP contribution in [0.4, 0.5) is 4.39 Å². The van der Waals surface area contributed by atoms with Gasteiger partial charge in [-0.15, -0.1) is 0 Å². The van der Waals surface area contributed by atoms with E-state index in [0.29, 0.717) is 5.92 Å². The first-order chi connectivity index (χ1) is 8.56. The van der Waals surface area contributed by atoms with Crippen LogP contribution in [0.3, 0.4) is 0 Å². The molecule has 0 radical (unpaired) electrons. The predicted octanol–water partition coefficient (Wildman–Crippen LogP) is 4.44. The molecule has 94 valence electrons. The second-order valence-corrected chi connectivity index (χ2v) is 4.58. The van der Waals surface area contributed by atoms with Crippen molar-refractivity contribution in [1.82, 2.24) is 4.98 Å². The molecule has 0 atom stereocenters. The van der Waals surface area contributed by atoms with E-state index < -0.39 is 5.95 Å². The maximum atomic E-state index is 13.0. The molecule has 1 aromatic carbocycles. The van der Waals surface area contributed by atoms with E-state index in [1.54, 1.807) is 12.1 Å². The zero-order chi connectivity index (χ0) is 13.1. The average Bonchev–Trinajstić information content (AvgIpc) is 2.31. The van der Waals surface area contributed by atoms with Crippen molar-refractivity contribution in [1.29, 1.82) is 0 Å². The maximum Gasteiger partial charge on any atom is 0.221 e. The molecule has 2 rings (SSSR count). The molecule has 2 nitrogen and oxygen atoms in total. The van der Waals surface area contributed by atoms with Crippen molar-refractivity contribution in [3.63, 3.8) is 0 Å². The zero-order valence-electron chi connectivity index (χ0n) is 10.8. The number of rotatable bonds is 3. The normalized spacial score (nSPS) is 10.7. The smallest absolute Gasteiger partial charge is 0.221 e. The van der Waals surface area contributed by atoms with Crippen LogP contribution in [0.25, 0.3) is 0 Å². The van der Waals surface area contributed by atoms with Crippen LogP contribution in [0.1, 0.15) is 30.9 Å². The molecule has 1 heterocycles. The maximum absolute atomic E-state index is 13.0. The summed E-state index contributed by atoms with van der Waals surface area (Å²) in [5.74, 6) is 0.886. The Morgan fingerprint density at radius 1 is 1.17 bits per heavy atom. The van der Waals surface area contributed by atoms with Gasteiger partial charge in [-0.2, -0.15) is 9.37 Å². The minimum absolute atomic E-state index is 0.277. The van der Waals surface area contributed by atoms with Gasteiger partial charge >= 0.3 is 0 Å². The Bertz CT molecular complexity index is 552. The summed E-state index contributed by atoms with van der Waals surface area (Å²) in [6, 6.07) is 10.6. The van der Waals surface area contributed by atoms with Crippen molar-refractivity contribution in [3.8, 4) is 11.6 Å². The minimum atomic E-state index is -0.537. The second-order valence-electron chi connectivity index (χ2n) is 4.58. The SMILES string of the molecule is Cc1ccc(C(C)C)cc1Oc1cccc(F)n1. The molecule has 18 heavy (non-hydrogen) atoms. The highest BCUT2D eigenvalue weighted by molar-refractivity contribution is 5.39. The van der Waals surface area contributed by atoms with Crippen LogP contribution in [0.2, 0.25) is 0 Å². The van der Waals surface area contributed by atoms with Gasteiger partial charge in [0, 0.05) is 6.07 Å². The van der Waals surface area contributed by atoms with Gasteiger partial charge in [0.1, 0.15) is 5.75 Å². The van der Waals surface area contributed by atoms with E-state index in [2.05, 4.69) is 24.9 Å². The standard InChI is InChI=1S/C15H16FNO/c1-10(2)12-8-7-11(3)13(9-12)18-15-6-4-5-14(16)17-15/h4-10H,1-3H3. The summed E-state index contributed by atoms with van der Waals surface area (Å²) in [7, 11) is 0. The average molecular weight is 245 g/mol. The lowest BCUT2D eigenvalue weighted by Gasteiger charge is -2.11. The molecule has 2 aromatic rings. The fraction of sp³-hybridized carbons (Fsp3) is 0.267.